The molecule has 104 valence electrons. The van der Waals surface area contributed by atoms with Gasteiger partial charge in [-0.25, -0.2) is 4.99 Å². The Labute approximate surface area is 106 Å². The number of guanidine groups is 1. The molecule has 18 heavy (non-hydrogen) atoms. The molecule has 0 spiro atoms. The van der Waals surface area contributed by atoms with Gasteiger partial charge in [-0.3, -0.25) is 0 Å². The molecule has 5 N–H and O–H groups in total. The first-order valence-electron chi connectivity index (χ1n) is 6.01. The highest BCUT2D eigenvalue weighted by Crippen LogP contribution is 2.63. The minimum absolute atomic E-state index is 0.247. The lowest BCUT2D eigenvalue weighted by atomic mass is 9.69. The van der Waals surface area contributed by atoms with Gasteiger partial charge in [0.2, 0.25) is 0 Å². The zero-order chi connectivity index (χ0) is 14.1. The molecule has 2 saturated carbocycles. The predicted molar refractivity (Wildman–Crippen MR) is 67.6 cm³/mol. The van der Waals surface area contributed by atoms with Gasteiger partial charge in [0.25, 0.3) is 5.09 Å². The standard InChI is InChI=1S/C11H21N3.HNO3/c1-10(2)7-4-5-11(3,6-7)8(10)14-9(12)13;2-1(3)4/h7-8H,4-6H2,1-3H3,(H4,12,13,14);(H,2,3,4). The largest absolute Gasteiger partial charge is 0.370 e. The van der Waals surface area contributed by atoms with Gasteiger partial charge in [0.05, 0.1) is 6.04 Å². The first kappa shape index (κ1) is 14.5. The van der Waals surface area contributed by atoms with Crippen LogP contribution in [0.2, 0.25) is 0 Å². The Morgan fingerprint density at radius 3 is 2.28 bits per heavy atom. The van der Waals surface area contributed by atoms with Crippen molar-refractivity contribution in [3.63, 3.8) is 0 Å². The van der Waals surface area contributed by atoms with E-state index in [2.05, 4.69) is 25.8 Å². The van der Waals surface area contributed by atoms with Crippen molar-refractivity contribution in [2.45, 2.75) is 46.1 Å². The van der Waals surface area contributed by atoms with E-state index in [9.17, 15) is 0 Å². The number of aliphatic imine (C=N–C) groups is 1. The molecule has 2 fully saturated rings. The Balaban J connectivity index is 0.000000357. The Hall–Kier alpha value is -1.53. The third-order valence-electron chi connectivity index (χ3n) is 4.47. The molecule has 2 bridgehead atoms. The summed E-state index contributed by atoms with van der Waals surface area (Å²) in [7, 11) is 0. The van der Waals surface area contributed by atoms with Crippen LogP contribution >= 0.6 is 0 Å². The minimum Gasteiger partial charge on any atom is -0.370 e. The summed E-state index contributed by atoms with van der Waals surface area (Å²) in [6, 6.07) is 0.318. The van der Waals surface area contributed by atoms with Crippen molar-refractivity contribution in [3.05, 3.63) is 10.1 Å². The number of hydrogen-bond acceptors (Lipinski definition) is 3. The molecule has 0 amide bonds. The van der Waals surface area contributed by atoms with E-state index in [0.717, 1.165) is 5.92 Å². The van der Waals surface area contributed by atoms with Gasteiger partial charge in [-0.2, -0.15) is 0 Å². The van der Waals surface area contributed by atoms with Crippen LogP contribution in [0.1, 0.15) is 40.0 Å². The third kappa shape index (κ3) is 2.65. The van der Waals surface area contributed by atoms with Crippen LogP contribution in [0.25, 0.3) is 0 Å². The molecule has 3 unspecified atom stereocenters. The maximum Gasteiger partial charge on any atom is 0.291 e. The SMILES string of the molecule is CC12CCC(C1)C(C)(C)C2N=C(N)N.O=[N+]([O-])O. The van der Waals surface area contributed by atoms with Crippen LogP contribution in [0.5, 0.6) is 0 Å². The van der Waals surface area contributed by atoms with Gasteiger partial charge in [-0.1, -0.05) is 20.8 Å². The van der Waals surface area contributed by atoms with Crippen molar-refractivity contribution < 1.29 is 10.3 Å². The molecule has 0 aromatic carbocycles. The lowest BCUT2D eigenvalue weighted by molar-refractivity contribution is -0.742. The molecule has 0 heterocycles. The van der Waals surface area contributed by atoms with Crippen molar-refractivity contribution in [2.75, 3.05) is 0 Å². The van der Waals surface area contributed by atoms with Crippen LogP contribution in [0.4, 0.5) is 0 Å². The molecule has 0 aromatic rings. The smallest absolute Gasteiger partial charge is 0.291 e. The van der Waals surface area contributed by atoms with Crippen molar-refractivity contribution in [1.29, 1.82) is 0 Å². The van der Waals surface area contributed by atoms with E-state index >= 15 is 0 Å². The minimum atomic E-state index is -1.50. The molecule has 2 aliphatic rings. The summed E-state index contributed by atoms with van der Waals surface area (Å²) < 4.78 is 0. The first-order valence-corrected chi connectivity index (χ1v) is 6.01. The predicted octanol–water partition coefficient (Wildman–Crippen LogP) is 1.13. The molecule has 0 saturated heterocycles. The average Bonchev–Trinajstić information content (AvgIpc) is 2.63. The van der Waals surface area contributed by atoms with Gasteiger partial charge < -0.3 is 16.7 Å². The molecular formula is C11H22N4O3. The van der Waals surface area contributed by atoms with Crippen molar-refractivity contribution >= 4 is 5.96 Å². The molecule has 2 aliphatic carbocycles. The zero-order valence-electron chi connectivity index (χ0n) is 11.1. The molecule has 0 aromatic heterocycles. The second kappa shape index (κ2) is 4.62. The van der Waals surface area contributed by atoms with Gasteiger partial charge >= 0.3 is 0 Å². The lowest BCUT2D eigenvalue weighted by Crippen LogP contribution is -2.41. The van der Waals surface area contributed by atoms with Crippen molar-refractivity contribution in [2.24, 2.45) is 33.2 Å². The van der Waals surface area contributed by atoms with Crippen LogP contribution in [-0.2, 0) is 0 Å². The van der Waals surface area contributed by atoms with Gasteiger partial charge in [0.1, 0.15) is 0 Å². The summed E-state index contributed by atoms with van der Waals surface area (Å²) >= 11 is 0. The van der Waals surface area contributed by atoms with E-state index in [1.807, 2.05) is 0 Å². The Morgan fingerprint density at radius 1 is 1.44 bits per heavy atom. The van der Waals surface area contributed by atoms with Crippen LogP contribution in [0.3, 0.4) is 0 Å². The fourth-order valence-corrected chi connectivity index (χ4v) is 3.75. The summed E-state index contributed by atoms with van der Waals surface area (Å²) in [4.78, 5) is 12.8. The van der Waals surface area contributed by atoms with Crippen LogP contribution < -0.4 is 11.5 Å². The number of rotatable bonds is 1. The van der Waals surface area contributed by atoms with Gasteiger partial charge in [0.15, 0.2) is 5.96 Å². The highest BCUT2D eigenvalue weighted by Gasteiger charge is 2.59. The fourth-order valence-electron chi connectivity index (χ4n) is 3.75. The van der Waals surface area contributed by atoms with E-state index in [4.69, 9.17) is 26.8 Å². The number of nitrogens with two attached hydrogens (primary N) is 2. The maximum absolute atomic E-state index is 8.36. The van der Waals surface area contributed by atoms with E-state index in [-0.39, 0.29) is 11.4 Å². The van der Waals surface area contributed by atoms with Crippen molar-refractivity contribution in [3.8, 4) is 0 Å². The van der Waals surface area contributed by atoms with E-state index in [0.29, 0.717) is 11.5 Å². The average molecular weight is 258 g/mol. The highest BCUT2D eigenvalue weighted by molar-refractivity contribution is 5.76. The quantitative estimate of drug-likeness (QED) is 0.281. The highest BCUT2D eigenvalue weighted by atomic mass is 16.9. The summed E-state index contributed by atoms with van der Waals surface area (Å²) in [6.07, 6.45) is 3.92. The molecule has 2 rings (SSSR count). The monoisotopic (exact) mass is 258 g/mol. The topological polar surface area (TPSA) is 128 Å². The lowest BCUT2D eigenvalue weighted by Gasteiger charge is -2.40. The van der Waals surface area contributed by atoms with Crippen LogP contribution in [0.15, 0.2) is 4.99 Å². The third-order valence-corrected chi connectivity index (χ3v) is 4.47. The molecule has 7 nitrogen and oxygen atoms in total. The number of nitrogens with zero attached hydrogens (tertiary/aromatic N) is 2. The summed E-state index contributed by atoms with van der Waals surface area (Å²) in [5, 5.41) is 13.6. The van der Waals surface area contributed by atoms with E-state index < -0.39 is 5.09 Å². The normalized spacial score (nSPS) is 35.5. The molecule has 7 heteroatoms. The molecule has 3 atom stereocenters. The maximum atomic E-state index is 8.36. The Bertz CT molecular complexity index is 357. The van der Waals surface area contributed by atoms with Gasteiger partial charge in [0, 0.05) is 0 Å². The second-order valence-electron chi connectivity index (χ2n) is 6.11. The van der Waals surface area contributed by atoms with Crippen LogP contribution in [0, 0.1) is 26.9 Å². The van der Waals surface area contributed by atoms with Gasteiger partial charge in [-0.05, 0) is 36.0 Å². The van der Waals surface area contributed by atoms with E-state index in [1.54, 1.807) is 0 Å². The Morgan fingerprint density at radius 2 is 1.94 bits per heavy atom. The van der Waals surface area contributed by atoms with Gasteiger partial charge in [-0.15, -0.1) is 10.1 Å². The van der Waals surface area contributed by atoms with E-state index in [1.165, 1.54) is 19.3 Å². The molecule has 0 radical (unpaired) electrons. The first-order chi connectivity index (χ1) is 8.09. The summed E-state index contributed by atoms with van der Waals surface area (Å²) in [5.74, 6) is 1.05. The fraction of sp³-hybridized carbons (Fsp3) is 0.909. The summed E-state index contributed by atoms with van der Waals surface area (Å²) in [5.41, 5.74) is 11.6. The number of hydrogen-bond donors (Lipinski definition) is 3. The Kier molecular flexibility index (Phi) is 3.73. The van der Waals surface area contributed by atoms with Crippen molar-refractivity contribution in [1.82, 2.24) is 0 Å². The second-order valence-corrected chi connectivity index (χ2v) is 6.11. The summed E-state index contributed by atoms with van der Waals surface area (Å²) in [6.45, 7) is 6.94. The number of fused-ring (bicyclic) bond motifs is 2. The van der Waals surface area contributed by atoms with Crippen LogP contribution in [-0.4, -0.2) is 22.3 Å². The molecule has 0 aliphatic heterocycles. The molecular weight excluding hydrogens is 236 g/mol. The zero-order valence-corrected chi connectivity index (χ0v) is 11.1.